The largest absolute Gasteiger partial charge is 0.355 e. The summed E-state index contributed by atoms with van der Waals surface area (Å²) in [4.78, 5) is 13.6. The quantitative estimate of drug-likeness (QED) is 0.837. The van der Waals surface area contributed by atoms with Crippen LogP contribution in [0, 0.1) is 0 Å². The van der Waals surface area contributed by atoms with Crippen molar-refractivity contribution >= 4 is 17.5 Å². The summed E-state index contributed by atoms with van der Waals surface area (Å²) in [6, 6.07) is 7.48. The second-order valence-corrected chi connectivity index (χ2v) is 5.16. The Labute approximate surface area is 119 Å². The zero-order valence-corrected chi connectivity index (χ0v) is 12.4. The molecule has 0 bridgehead atoms. The summed E-state index contributed by atoms with van der Waals surface area (Å²) in [6.07, 6.45) is 0. The zero-order valence-electron chi connectivity index (χ0n) is 11.7. The molecule has 0 saturated heterocycles. The van der Waals surface area contributed by atoms with Crippen LogP contribution in [0.3, 0.4) is 0 Å². The highest BCUT2D eigenvalue weighted by molar-refractivity contribution is 6.30. The second kappa shape index (κ2) is 7.48. The number of hydrogen-bond donors (Lipinski definition) is 2. The number of benzene rings is 1. The van der Waals surface area contributed by atoms with E-state index in [0.717, 1.165) is 5.56 Å². The van der Waals surface area contributed by atoms with E-state index in [1.54, 1.807) is 0 Å². The molecule has 0 fully saturated rings. The van der Waals surface area contributed by atoms with Gasteiger partial charge in [0.15, 0.2) is 0 Å². The van der Waals surface area contributed by atoms with E-state index < -0.39 is 0 Å². The fourth-order valence-electron chi connectivity index (χ4n) is 2.20. The Hall–Kier alpha value is -1.10. The summed E-state index contributed by atoms with van der Waals surface area (Å²) in [5.74, 6) is 0.00427. The lowest BCUT2D eigenvalue weighted by Gasteiger charge is -2.31. The summed E-state index contributed by atoms with van der Waals surface area (Å²) in [5.41, 5.74) is 7.11. The number of amides is 1. The molecule has 0 spiro atoms. The van der Waals surface area contributed by atoms with Crippen molar-refractivity contribution in [2.45, 2.75) is 25.9 Å². The first kappa shape index (κ1) is 16.0. The van der Waals surface area contributed by atoms with Crippen LogP contribution in [0.4, 0.5) is 0 Å². The van der Waals surface area contributed by atoms with Crippen LogP contribution in [0.5, 0.6) is 0 Å². The molecule has 2 unspecified atom stereocenters. The number of hydrogen-bond acceptors (Lipinski definition) is 3. The molecule has 0 radical (unpaired) electrons. The van der Waals surface area contributed by atoms with E-state index in [1.807, 2.05) is 50.1 Å². The topological polar surface area (TPSA) is 58.4 Å². The van der Waals surface area contributed by atoms with Crippen molar-refractivity contribution < 1.29 is 4.79 Å². The third kappa shape index (κ3) is 4.82. The summed E-state index contributed by atoms with van der Waals surface area (Å²) >= 11 is 5.89. The molecule has 1 aromatic carbocycles. The van der Waals surface area contributed by atoms with Gasteiger partial charge in [0.05, 0.1) is 6.54 Å². The minimum Gasteiger partial charge on any atom is -0.355 e. The highest BCUT2D eigenvalue weighted by Gasteiger charge is 2.22. The maximum absolute atomic E-state index is 11.7. The normalized spacial score (nSPS) is 14.2. The van der Waals surface area contributed by atoms with Gasteiger partial charge in [-0.15, -0.1) is 0 Å². The summed E-state index contributed by atoms with van der Waals surface area (Å²) in [5, 5.41) is 3.48. The Morgan fingerprint density at radius 2 is 2.00 bits per heavy atom. The van der Waals surface area contributed by atoms with Crippen LogP contribution in [0.25, 0.3) is 0 Å². The van der Waals surface area contributed by atoms with Crippen LogP contribution in [0.1, 0.15) is 25.5 Å². The van der Waals surface area contributed by atoms with Crippen LogP contribution in [-0.2, 0) is 4.79 Å². The average Bonchev–Trinajstić information content (AvgIpc) is 2.31. The molecular formula is C14H22ClN3O. The Morgan fingerprint density at radius 3 is 2.47 bits per heavy atom. The number of nitrogens with zero attached hydrogens (tertiary/aromatic N) is 1. The first-order valence-corrected chi connectivity index (χ1v) is 6.81. The van der Waals surface area contributed by atoms with E-state index in [2.05, 4.69) is 5.32 Å². The molecule has 0 aromatic heterocycles. The molecule has 0 aliphatic rings. The highest BCUT2D eigenvalue weighted by Crippen LogP contribution is 2.23. The van der Waals surface area contributed by atoms with E-state index >= 15 is 0 Å². The van der Waals surface area contributed by atoms with Crippen molar-refractivity contribution in [2.24, 2.45) is 5.73 Å². The summed E-state index contributed by atoms with van der Waals surface area (Å²) < 4.78 is 0. The number of carbonyl (C=O) groups is 1. The molecule has 19 heavy (non-hydrogen) atoms. The van der Waals surface area contributed by atoms with Crippen LogP contribution >= 0.6 is 11.6 Å². The molecule has 3 N–H and O–H groups in total. The molecule has 1 rings (SSSR count). The first-order valence-electron chi connectivity index (χ1n) is 6.43. The lowest BCUT2D eigenvalue weighted by molar-refractivity contribution is -0.122. The van der Waals surface area contributed by atoms with Crippen LogP contribution in [0.15, 0.2) is 24.3 Å². The summed E-state index contributed by atoms with van der Waals surface area (Å²) in [7, 11) is 1.90. The number of nitrogens with two attached hydrogens (primary N) is 1. The van der Waals surface area contributed by atoms with E-state index in [9.17, 15) is 4.79 Å². The van der Waals surface area contributed by atoms with Gasteiger partial charge < -0.3 is 11.1 Å². The average molecular weight is 284 g/mol. The van der Waals surface area contributed by atoms with E-state index in [4.69, 9.17) is 17.3 Å². The Bertz CT molecular complexity index is 406. The molecular weight excluding hydrogens is 262 g/mol. The summed E-state index contributed by atoms with van der Waals surface area (Å²) in [6.45, 7) is 4.80. The maximum atomic E-state index is 11.7. The van der Waals surface area contributed by atoms with Crippen molar-refractivity contribution in [3.8, 4) is 0 Å². The Kier molecular flexibility index (Phi) is 6.28. The number of rotatable bonds is 6. The molecule has 1 amide bonds. The molecule has 0 heterocycles. The molecule has 0 aliphatic carbocycles. The van der Waals surface area contributed by atoms with Gasteiger partial charge in [-0.25, -0.2) is 0 Å². The van der Waals surface area contributed by atoms with Crippen molar-refractivity contribution in [1.29, 1.82) is 0 Å². The predicted octanol–water partition coefficient (Wildman–Crippen LogP) is 1.80. The van der Waals surface area contributed by atoms with Crippen molar-refractivity contribution in [2.75, 3.05) is 20.1 Å². The van der Waals surface area contributed by atoms with Crippen molar-refractivity contribution in [3.05, 3.63) is 34.9 Å². The molecule has 4 nitrogen and oxygen atoms in total. The molecule has 0 aliphatic heterocycles. The maximum Gasteiger partial charge on any atom is 0.234 e. The van der Waals surface area contributed by atoms with E-state index in [0.29, 0.717) is 18.1 Å². The molecule has 1 aromatic rings. The van der Waals surface area contributed by atoms with Gasteiger partial charge in [0.25, 0.3) is 0 Å². The Balaban J connectivity index is 2.82. The van der Waals surface area contributed by atoms with E-state index in [1.165, 1.54) is 0 Å². The van der Waals surface area contributed by atoms with Gasteiger partial charge in [0, 0.05) is 23.7 Å². The molecule has 5 heteroatoms. The predicted molar refractivity (Wildman–Crippen MR) is 79.2 cm³/mol. The second-order valence-electron chi connectivity index (χ2n) is 4.72. The Morgan fingerprint density at radius 1 is 1.42 bits per heavy atom. The number of carbonyl (C=O) groups excluding carboxylic acids is 1. The lowest BCUT2D eigenvalue weighted by Crippen LogP contribution is -2.42. The van der Waals surface area contributed by atoms with Crippen LogP contribution in [0.2, 0.25) is 5.02 Å². The smallest absolute Gasteiger partial charge is 0.234 e. The van der Waals surface area contributed by atoms with Gasteiger partial charge in [-0.1, -0.05) is 23.7 Å². The van der Waals surface area contributed by atoms with Gasteiger partial charge >= 0.3 is 0 Å². The highest BCUT2D eigenvalue weighted by atomic mass is 35.5. The molecule has 2 atom stereocenters. The standard InChI is InChI=1S/C14H22ClN3O/c1-4-17-13(19)9-18(3)14(10(2)16)11-5-7-12(15)8-6-11/h5-8,10,14H,4,9,16H2,1-3H3,(H,17,19). The monoisotopic (exact) mass is 283 g/mol. The number of halogens is 1. The number of likely N-dealkylation sites (N-methyl/N-ethyl adjacent to an activating group) is 2. The SMILES string of the molecule is CCNC(=O)CN(C)C(c1ccc(Cl)cc1)C(C)N. The van der Waals surface area contributed by atoms with Crippen LogP contribution in [-0.4, -0.2) is 37.0 Å². The zero-order chi connectivity index (χ0) is 14.4. The minimum atomic E-state index is -0.0828. The fourth-order valence-corrected chi connectivity index (χ4v) is 2.32. The van der Waals surface area contributed by atoms with Gasteiger partial charge in [-0.3, -0.25) is 9.69 Å². The van der Waals surface area contributed by atoms with Gasteiger partial charge in [0.1, 0.15) is 0 Å². The molecule has 106 valence electrons. The van der Waals surface area contributed by atoms with Crippen molar-refractivity contribution in [3.63, 3.8) is 0 Å². The first-order chi connectivity index (χ1) is 8.95. The van der Waals surface area contributed by atoms with E-state index in [-0.39, 0.29) is 18.0 Å². The fraction of sp³-hybridized carbons (Fsp3) is 0.500. The van der Waals surface area contributed by atoms with Crippen molar-refractivity contribution in [1.82, 2.24) is 10.2 Å². The molecule has 0 saturated carbocycles. The van der Waals surface area contributed by atoms with Crippen LogP contribution < -0.4 is 11.1 Å². The van der Waals surface area contributed by atoms with Gasteiger partial charge in [-0.2, -0.15) is 0 Å². The van der Waals surface area contributed by atoms with Gasteiger partial charge in [0.2, 0.25) is 5.91 Å². The third-order valence-electron chi connectivity index (χ3n) is 2.95. The minimum absolute atomic E-state index is 0.00427. The number of nitrogens with one attached hydrogen (secondary N) is 1. The van der Waals surface area contributed by atoms with Gasteiger partial charge in [-0.05, 0) is 38.6 Å². The lowest BCUT2D eigenvalue weighted by atomic mass is 9.99. The third-order valence-corrected chi connectivity index (χ3v) is 3.20.